The normalized spacial score (nSPS) is 21.8. The molecule has 2 N–H and O–H groups in total. The van der Waals surface area contributed by atoms with E-state index in [-0.39, 0.29) is 24.9 Å². The molecule has 1 amide bonds. The van der Waals surface area contributed by atoms with Gasteiger partial charge in [0.15, 0.2) is 0 Å². The Bertz CT molecular complexity index is 1050. The van der Waals surface area contributed by atoms with Crippen molar-refractivity contribution in [2.24, 2.45) is 11.3 Å². The number of aliphatic carboxylic acids is 1. The average Bonchev–Trinajstić information content (AvgIpc) is 3.07. The van der Waals surface area contributed by atoms with E-state index in [2.05, 4.69) is 5.32 Å². The fraction of sp³-hybridized carbons (Fsp3) is 0.440. The Morgan fingerprint density at radius 3 is 2.33 bits per heavy atom. The number of carbonyl (C=O) groups excluding carboxylic acids is 1. The van der Waals surface area contributed by atoms with Gasteiger partial charge >= 0.3 is 5.97 Å². The van der Waals surface area contributed by atoms with Crippen LogP contribution >= 0.6 is 11.6 Å². The third-order valence-corrected chi connectivity index (χ3v) is 7.33. The second-order valence-electron chi connectivity index (χ2n) is 9.21. The lowest BCUT2D eigenvalue weighted by Crippen LogP contribution is -2.39. The molecule has 4 nitrogen and oxygen atoms in total. The van der Waals surface area contributed by atoms with Gasteiger partial charge in [0.25, 0.3) is 5.92 Å². The molecule has 0 aliphatic heterocycles. The van der Waals surface area contributed by atoms with E-state index >= 15 is 0 Å². The number of carboxylic acids is 1. The minimum atomic E-state index is -3.01. The molecule has 0 spiro atoms. The Labute approximate surface area is 195 Å². The van der Waals surface area contributed by atoms with Gasteiger partial charge in [-0.1, -0.05) is 36.2 Å². The Balaban J connectivity index is 1.61. The lowest BCUT2D eigenvalue weighted by molar-refractivity contribution is -0.154. The van der Waals surface area contributed by atoms with Gasteiger partial charge in [-0.15, -0.1) is 0 Å². The molecule has 33 heavy (non-hydrogen) atoms. The van der Waals surface area contributed by atoms with Crippen LogP contribution in [0.4, 0.5) is 18.9 Å². The number of amides is 1. The third-order valence-electron chi connectivity index (χ3n) is 7.08. The van der Waals surface area contributed by atoms with E-state index in [1.165, 1.54) is 30.3 Å². The SMILES string of the molecule is O=C(Nc1cc(CC2(C(=O)O)CCC2)ccc1F)[C@@H](c1ccc(Cl)cc1)C1CCCC1(F)F. The molecule has 2 saturated carbocycles. The molecule has 4 rings (SSSR count). The van der Waals surface area contributed by atoms with Gasteiger partial charge in [-0.3, -0.25) is 9.59 Å². The van der Waals surface area contributed by atoms with Gasteiger partial charge in [0.2, 0.25) is 5.91 Å². The number of benzene rings is 2. The van der Waals surface area contributed by atoms with Crippen LogP contribution in [0.15, 0.2) is 42.5 Å². The van der Waals surface area contributed by atoms with E-state index < -0.39 is 40.9 Å². The summed E-state index contributed by atoms with van der Waals surface area (Å²) in [4.78, 5) is 25.0. The lowest BCUT2D eigenvalue weighted by Gasteiger charge is -2.37. The molecule has 1 unspecified atom stereocenters. The van der Waals surface area contributed by atoms with Crippen LogP contribution in [-0.4, -0.2) is 22.9 Å². The van der Waals surface area contributed by atoms with Crippen LogP contribution in [-0.2, 0) is 16.0 Å². The molecule has 2 aliphatic rings. The Morgan fingerprint density at radius 1 is 1.09 bits per heavy atom. The second-order valence-corrected chi connectivity index (χ2v) is 9.64. The van der Waals surface area contributed by atoms with E-state index in [4.69, 9.17) is 11.6 Å². The largest absolute Gasteiger partial charge is 0.481 e. The summed E-state index contributed by atoms with van der Waals surface area (Å²) in [7, 11) is 0. The van der Waals surface area contributed by atoms with Gasteiger partial charge < -0.3 is 10.4 Å². The molecule has 0 bridgehead atoms. The zero-order chi connectivity index (χ0) is 23.8. The molecule has 2 aliphatic carbocycles. The summed E-state index contributed by atoms with van der Waals surface area (Å²) in [5.41, 5.74) is -0.0587. The minimum Gasteiger partial charge on any atom is -0.481 e. The fourth-order valence-corrected chi connectivity index (χ4v) is 5.18. The van der Waals surface area contributed by atoms with E-state index in [1.54, 1.807) is 12.1 Å². The van der Waals surface area contributed by atoms with Crippen molar-refractivity contribution in [2.45, 2.75) is 56.8 Å². The number of rotatable bonds is 7. The summed E-state index contributed by atoms with van der Waals surface area (Å²) in [5, 5.41) is 12.5. The molecule has 2 aromatic carbocycles. The molecule has 0 radical (unpaired) electrons. The highest BCUT2D eigenvalue weighted by molar-refractivity contribution is 6.30. The molecule has 2 atom stereocenters. The molecule has 176 valence electrons. The summed E-state index contributed by atoms with van der Waals surface area (Å²) < 4.78 is 43.8. The quantitative estimate of drug-likeness (QED) is 0.480. The van der Waals surface area contributed by atoms with Crippen LogP contribution in [0.2, 0.25) is 5.02 Å². The van der Waals surface area contributed by atoms with Gasteiger partial charge in [-0.25, -0.2) is 13.2 Å². The van der Waals surface area contributed by atoms with Gasteiger partial charge in [0.05, 0.1) is 17.0 Å². The second kappa shape index (κ2) is 9.01. The topological polar surface area (TPSA) is 66.4 Å². The maximum atomic E-state index is 14.6. The first-order valence-electron chi connectivity index (χ1n) is 11.1. The van der Waals surface area contributed by atoms with Crippen molar-refractivity contribution in [3.05, 3.63) is 64.4 Å². The molecular weight excluding hydrogens is 455 g/mol. The van der Waals surface area contributed by atoms with Crippen LogP contribution in [0.3, 0.4) is 0 Å². The summed E-state index contributed by atoms with van der Waals surface area (Å²) in [6.07, 6.45) is 2.29. The predicted molar refractivity (Wildman–Crippen MR) is 119 cm³/mol. The summed E-state index contributed by atoms with van der Waals surface area (Å²) in [5.74, 6) is -7.74. The summed E-state index contributed by atoms with van der Waals surface area (Å²) in [6, 6.07) is 10.2. The number of halogens is 4. The molecule has 8 heteroatoms. The standard InChI is InChI=1S/C25H25ClF3NO3/c26-17-7-5-16(6-8-17)21(18-3-1-12-25(18,28)29)22(31)30-20-13-15(4-9-19(20)27)14-24(23(32)33)10-2-11-24/h4-9,13,18,21H,1-3,10-12,14H2,(H,30,31)(H,32,33)/t18?,21-/m0/s1. The van der Waals surface area contributed by atoms with E-state index in [0.29, 0.717) is 35.4 Å². The van der Waals surface area contributed by atoms with Gasteiger partial charge in [0.1, 0.15) is 5.82 Å². The number of hydrogen-bond acceptors (Lipinski definition) is 2. The fourth-order valence-electron chi connectivity index (χ4n) is 5.05. The van der Waals surface area contributed by atoms with Crippen molar-refractivity contribution < 1.29 is 27.9 Å². The number of carboxylic acid groups (broad SMARTS) is 1. The van der Waals surface area contributed by atoms with Gasteiger partial charge in [-0.2, -0.15) is 0 Å². The number of hydrogen-bond donors (Lipinski definition) is 2. The van der Waals surface area contributed by atoms with Crippen LogP contribution in [0.5, 0.6) is 0 Å². The third kappa shape index (κ3) is 4.74. The van der Waals surface area contributed by atoms with Crippen LogP contribution in [0.1, 0.15) is 55.6 Å². The maximum absolute atomic E-state index is 14.6. The van der Waals surface area contributed by atoms with Crippen molar-refractivity contribution in [1.29, 1.82) is 0 Å². The number of carbonyl (C=O) groups is 2. The molecule has 0 heterocycles. The van der Waals surface area contributed by atoms with Crippen molar-refractivity contribution >= 4 is 29.2 Å². The van der Waals surface area contributed by atoms with E-state index in [1.807, 2.05) is 0 Å². The number of anilines is 1. The van der Waals surface area contributed by atoms with Crippen LogP contribution in [0, 0.1) is 17.2 Å². The average molecular weight is 480 g/mol. The lowest BCUT2D eigenvalue weighted by atomic mass is 9.65. The first-order valence-corrected chi connectivity index (χ1v) is 11.5. The smallest absolute Gasteiger partial charge is 0.309 e. The first-order chi connectivity index (χ1) is 15.6. The van der Waals surface area contributed by atoms with Crippen LogP contribution in [0.25, 0.3) is 0 Å². The number of nitrogens with one attached hydrogen (secondary N) is 1. The van der Waals surface area contributed by atoms with E-state index in [9.17, 15) is 27.9 Å². The van der Waals surface area contributed by atoms with Crippen molar-refractivity contribution in [3.8, 4) is 0 Å². The summed E-state index contributed by atoms with van der Waals surface area (Å²) >= 11 is 5.93. The highest BCUT2D eigenvalue weighted by Crippen LogP contribution is 2.48. The first kappa shape index (κ1) is 23.6. The Morgan fingerprint density at radius 2 is 1.79 bits per heavy atom. The summed E-state index contributed by atoms with van der Waals surface area (Å²) in [6.45, 7) is 0. The molecule has 0 saturated heterocycles. The van der Waals surface area contributed by atoms with Crippen molar-refractivity contribution in [3.63, 3.8) is 0 Å². The maximum Gasteiger partial charge on any atom is 0.309 e. The minimum absolute atomic E-state index is 0.141. The van der Waals surface area contributed by atoms with E-state index in [0.717, 1.165) is 6.42 Å². The highest BCUT2D eigenvalue weighted by atomic mass is 35.5. The molecule has 2 aromatic rings. The molecule has 0 aromatic heterocycles. The zero-order valence-corrected chi connectivity index (χ0v) is 18.7. The molecule has 2 fully saturated rings. The van der Waals surface area contributed by atoms with Crippen molar-refractivity contribution in [1.82, 2.24) is 0 Å². The number of alkyl halides is 2. The van der Waals surface area contributed by atoms with Crippen LogP contribution < -0.4 is 5.32 Å². The Hall–Kier alpha value is -2.54. The van der Waals surface area contributed by atoms with Crippen molar-refractivity contribution in [2.75, 3.05) is 5.32 Å². The van der Waals surface area contributed by atoms with Gasteiger partial charge in [0, 0.05) is 17.4 Å². The Kier molecular flexibility index (Phi) is 6.45. The predicted octanol–water partition coefficient (Wildman–Crippen LogP) is 6.43. The zero-order valence-electron chi connectivity index (χ0n) is 17.9. The highest BCUT2D eigenvalue weighted by Gasteiger charge is 2.50. The monoisotopic (exact) mass is 479 g/mol. The molecular formula is C25H25ClF3NO3. The van der Waals surface area contributed by atoms with Gasteiger partial charge in [-0.05, 0) is 67.5 Å².